The first-order valence-electron chi connectivity index (χ1n) is 6.29. The molecule has 0 spiro atoms. The summed E-state index contributed by atoms with van der Waals surface area (Å²) in [4.78, 5) is 15.1. The first-order valence-corrected chi connectivity index (χ1v) is 7.17. The summed E-state index contributed by atoms with van der Waals surface area (Å²) in [7, 11) is 0. The molecule has 0 radical (unpaired) electrons. The van der Waals surface area contributed by atoms with Gasteiger partial charge in [-0.15, -0.1) is 11.3 Å². The van der Waals surface area contributed by atoms with Gasteiger partial charge in [-0.05, 0) is 43.5 Å². The molecule has 0 unspecified atom stereocenters. The molecule has 2 rings (SSSR count). The number of nitrogens with two attached hydrogens (primary N) is 1. The van der Waals surface area contributed by atoms with Crippen molar-refractivity contribution in [1.29, 1.82) is 0 Å². The van der Waals surface area contributed by atoms with E-state index >= 15 is 0 Å². The lowest BCUT2D eigenvalue weighted by molar-refractivity contribution is 0.101. The molecule has 0 aliphatic carbocycles. The Labute approximate surface area is 117 Å². The molecule has 0 atom stereocenters. The zero-order chi connectivity index (χ0) is 13.8. The number of rotatable bonds is 5. The summed E-state index contributed by atoms with van der Waals surface area (Å²) in [5.41, 5.74) is 8.01. The SMILES string of the molecule is CCN(Cc1cccs1)c1ccc(N)c(C(C)=O)c1. The summed E-state index contributed by atoms with van der Waals surface area (Å²) in [6.07, 6.45) is 0. The highest BCUT2D eigenvalue weighted by Gasteiger charge is 2.10. The maximum absolute atomic E-state index is 11.5. The molecule has 1 aromatic heterocycles. The van der Waals surface area contributed by atoms with Crippen molar-refractivity contribution in [2.24, 2.45) is 0 Å². The summed E-state index contributed by atoms with van der Waals surface area (Å²) in [5, 5.41) is 2.08. The Bertz CT molecular complexity index is 564. The summed E-state index contributed by atoms with van der Waals surface area (Å²) >= 11 is 1.74. The van der Waals surface area contributed by atoms with Gasteiger partial charge >= 0.3 is 0 Å². The second-order valence-electron chi connectivity index (χ2n) is 4.42. The monoisotopic (exact) mass is 274 g/mol. The fraction of sp³-hybridized carbons (Fsp3) is 0.267. The van der Waals surface area contributed by atoms with Crippen molar-refractivity contribution in [3.8, 4) is 0 Å². The number of carbonyl (C=O) groups is 1. The van der Waals surface area contributed by atoms with Gasteiger partial charge in [-0.2, -0.15) is 0 Å². The molecule has 3 nitrogen and oxygen atoms in total. The van der Waals surface area contributed by atoms with E-state index in [9.17, 15) is 4.79 Å². The Morgan fingerprint density at radius 3 is 2.74 bits per heavy atom. The van der Waals surface area contributed by atoms with Gasteiger partial charge in [0.05, 0.1) is 6.54 Å². The number of thiophene rings is 1. The van der Waals surface area contributed by atoms with Gasteiger partial charge in [0.2, 0.25) is 0 Å². The maximum atomic E-state index is 11.5. The van der Waals surface area contributed by atoms with Crippen LogP contribution in [-0.2, 0) is 6.54 Å². The van der Waals surface area contributed by atoms with E-state index in [0.717, 1.165) is 18.8 Å². The molecule has 0 amide bonds. The van der Waals surface area contributed by atoms with Crippen LogP contribution in [0, 0.1) is 0 Å². The topological polar surface area (TPSA) is 46.3 Å². The zero-order valence-electron chi connectivity index (χ0n) is 11.2. The number of hydrogen-bond acceptors (Lipinski definition) is 4. The average Bonchev–Trinajstić information content (AvgIpc) is 2.89. The Hall–Kier alpha value is -1.81. The normalized spacial score (nSPS) is 10.4. The second kappa shape index (κ2) is 5.89. The molecule has 0 saturated carbocycles. The van der Waals surface area contributed by atoms with Gasteiger partial charge in [-0.1, -0.05) is 6.07 Å². The molecule has 100 valence electrons. The Kier molecular flexibility index (Phi) is 4.22. The minimum atomic E-state index is 0.00604. The Morgan fingerprint density at radius 2 is 2.16 bits per heavy atom. The number of nitrogen functional groups attached to an aromatic ring is 1. The molecule has 0 saturated heterocycles. The number of ketones is 1. The van der Waals surface area contributed by atoms with Crippen LogP contribution in [-0.4, -0.2) is 12.3 Å². The van der Waals surface area contributed by atoms with Crippen LogP contribution in [0.25, 0.3) is 0 Å². The van der Waals surface area contributed by atoms with E-state index in [1.807, 2.05) is 18.2 Å². The van der Waals surface area contributed by atoms with Crippen LogP contribution in [0.2, 0.25) is 0 Å². The number of benzene rings is 1. The highest BCUT2D eigenvalue weighted by atomic mass is 32.1. The number of hydrogen-bond donors (Lipinski definition) is 1. The molecular formula is C15H18N2OS. The van der Waals surface area contributed by atoms with Crippen molar-refractivity contribution in [2.45, 2.75) is 20.4 Å². The predicted molar refractivity (Wildman–Crippen MR) is 81.9 cm³/mol. The minimum absolute atomic E-state index is 0.00604. The lowest BCUT2D eigenvalue weighted by Crippen LogP contribution is -2.21. The van der Waals surface area contributed by atoms with Crippen molar-refractivity contribution in [3.05, 3.63) is 46.2 Å². The molecule has 2 N–H and O–H groups in total. The van der Waals surface area contributed by atoms with E-state index < -0.39 is 0 Å². The molecule has 0 fully saturated rings. The van der Waals surface area contributed by atoms with Crippen LogP contribution < -0.4 is 10.6 Å². The van der Waals surface area contributed by atoms with Crippen LogP contribution in [0.5, 0.6) is 0 Å². The van der Waals surface area contributed by atoms with E-state index in [-0.39, 0.29) is 5.78 Å². The van der Waals surface area contributed by atoms with Gasteiger partial charge < -0.3 is 10.6 Å². The zero-order valence-corrected chi connectivity index (χ0v) is 12.0. The van der Waals surface area contributed by atoms with Crippen molar-refractivity contribution < 1.29 is 4.79 Å². The fourth-order valence-electron chi connectivity index (χ4n) is 2.02. The summed E-state index contributed by atoms with van der Waals surface area (Å²) in [6, 6.07) is 9.84. The Morgan fingerprint density at radius 1 is 1.37 bits per heavy atom. The van der Waals surface area contributed by atoms with Crippen molar-refractivity contribution >= 4 is 28.5 Å². The van der Waals surface area contributed by atoms with Gasteiger partial charge in [-0.25, -0.2) is 0 Å². The first-order chi connectivity index (χ1) is 9.11. The number of anilines is 2. The largest absolute Gasteiger partial charge is 0.398 e. The van der Waals surface area contributed by atoms with E-state index in [4.69, 9.17) is 5.73 Å². The molecule has 4 heteroatoms. The van der Waals surface area contributed by atoms with E-state index in [2.05, 4.69) is 29.3 Å². The number of carbonyl (C=O) groups excluding carboxylic acids is 1. The van der Waals surface area contributed by atoms with Crippen LogP contribution in [0.3, 0.4) is 0 Å². The first kappa shape index (κ1) is 13.6. The maximum Gasteiger partial charge on any atom is 0.161 e. The van der Waals surface area contributed by atoms with Crippen LogP contribution >= 0.6 is 11.3 Å². The van der Waals surface area contributed by atoms with Crippen molar-refractivity contribution in [2.75, 3.05) is 17.2 Å². The molecule has 0 bridgehead atoms. The molecule has 0 aliphatic heterocycles. The van der Waals surface area contributed by atoms with Gasteiger partial charge in [0.25, 0.3) is 0 Å². The highest BCUT2D eigenvalue weighted by Crippen LogP contribution is 2.24. The molecule has 0 aliphatic rings. The quantitative estimate of drug-likeness (QED) is 0.670. The molecule has 1 heterocycles. The lowest BCUT2D eigenvalue weighted by atomic mass is 10.1. The van der Waals surface area contributed by atoms with Crippen molar-refractivity contribution in [1.82, 2.24) is 0 Å². The third-order valence-corrected chi connectivity index (χ3v) is 3.95. The van der Waals surface area contributed by atoms with Crippen LogP contribution in [0.4, 0.5) is 11.4 Å². The smallest absolute Gasteiger partial charge is 0.161 e. The highest BCUT2D eigenvalue weighted by molar-refractivity contribution is 7.09. The van der Waals surface area contributed by atoms with Crippen molar-refractivity contribution in [3.63, 3.8) is 0 Å². The minimum Gasteiger partial charge on any atom is -0.398 e. The summed E-state index contributed by atoms with van der Waals surface area (Å²) in [5.74, 6) is 0.00604. The predicted octanol–water partition coefficient (Wildman–Crippen LogP) is 3.56. The average molecular weight is 274 g/mol. The van der Waals surface area contributed by atoms with E-state index in [1.54, 1.807) is 18.3 Å². The Balaban J connectivity index is 2.28. The fourth-order valence-corrected chi connectivity index (χ4v) is 2.74. The van der Waals surface area contributed by atoms with E-state index in [0.29, 0.717) is 11.3 Å². The summed E-state index contributed by atoms with van der Waals surface area (Å²) in [6.45, 7) is 5.40. The number of nitrogens with zero attached hydrogens (tertiary/aromatic N) is 1. The van der Waals surface area contributed by atoms with E-state index in [1.165, 1.54) is 4.88 Å². The molecular weight excluding hydrogens is 256 g/mol. The summed E-state index contributed by atoms with van der Waals surface area (Å²) < 4.78 is 0. The third kappa shape index (κ3) is 3.15. The number of Topliss-reactive ketones (excluding diaryl/α,β-unsaturated/α-hetero) is 1. The standard InChI is InChI=1S/C15H18N2OS/c1-3-17(10-13-5-4-8-19-13)12-6-7-15(16)14(9-12)11(2)18/h4-9H,3,10,16H2,1-2H3. The van der Waals surface area contributed by atoms with Gasteiger partial charge in [0.15, 0.2) is 5.78 Å². The molecule has 2 aromatic rings. The van der Waals surface area contributed by atoms with Gasteiger partial charge in [-0.3, -0.25) is 4.79 Å². The van der Waals surface area contributed by atoms with Crippen LogP contribution in [0.15, 0.2) is 35.7 Å². The second-order valence-corrected chi connectivity index (χ2v) is 5.45. The van der Waals surface area contributed by atoms with Crippen LogP contribution in [0.1, 0.15) is 29.1 Å². The van der Waals surface area contributed by atoms with Gasteiger partial charge in [0, 0.05) is 28.4 Å². The third-order valence-electron chi connectivity index (χ3n) is 3.09. The lowest BCUT2D eigenvalue weighted by Gasteiger charge is -2.23. The molecule has 19 heavy (non-hydrogen) atoms. The van der Waals surface area contributed by atoms with Gasteiger partial charge in [0.1, 0.15) is 0 Å². The molecule has 1 aromatic carbocycles.